The number of benzene rings is 1. The summed E-state index contributed by atoms with van der Waals surface area (Å²) >= 11 is 0. The van der Waals surface area contributed by atoms with Crippen molar-refractivity contribution in [3.05, 3.63) is 28.8 Å². The topological polar surface area (TPSA) is 56.1 Å². The summed E-state index contributed by atoms with van der Waals surface area (Å²) in [5.41, 5.74) is 2.28. The van der Waals surface area contributed by atoms with E-state index in [1.165, 1.54) is 0 Å². The van der Waals surface area contributed by atoms with Crippen LogP contribution >= 0.6 is 0 Å². The van der Waals surface area contributed by atoms with Gasteiger partial charge in [0.15, 0.2) is 12.2 Å². The predicted molar refractivity (Wildman–Crippen MR) is 117 cm³/mol. The van der Waals surface area contributed by atoms with Gasteiger partial charge in [-0.2, -0.15) is 0 Å². The lowest BCUT2D eigenvalue weighted by molar-refractivity contribution is 0.112. The number of hydrogen-bond acceptors (Lipinski definition) is 5. The fraction of sp³-hybridized carbons (Fsp3) is 0.652. The highest BCUT2D eigenvalue weighted by molar-refractivity contribution is 5.81. The number of phenols is 1. The first-order valence-corrected chi connectivity index (χ1v) is 10.6. The number of carbonyl (C=O) groups is 1. The molecular weight excluding hydrogens is 350 g/mol. The third kappa shape index (κ3) is 5.73. The lowest BCUT2D eigenvalue weighted by Gasteiger charge is -2.34. The van der Waals surface area contributed by atoms with E-state index in [0.29, 0.717) is 5.56 Å². The van der Waals surface area contributed by atoms with E-state index in [1.54, 1.807) is 0 Å². The zero-order valence-electron chi connectivity index (χ0n) is 18.3. The van der Waals surface area contributed by atoms with Gasteiger partial charge in [-0.25, -0.2) is 0 Å². The third-order valence-electron chi connectivity index (χ3n) is 5.40. The standard InChI is InChI=1S/C23H37N3O2/c1-6-7-13-26(22-24-11-9-12-25(22)5)14-8-10-18-15-20(23(2,3)4)16-19(17-27)21(18)28/h15-17,28H,6-14H2,1-5H3. The summed E-state index contributed by atoms with van der Waals surface area (Å²) in [6.45, 7) is 12.5. The van der Waals surface area contributed by atoms with Crippen LogP contribution in [0.1, 0.15) is 74.9 Å². The van der Waals surface area contributed by atoms with Crippen molar-refractivity contribution in [2.45, 2.75) is 65.2 Å². The van der Waals surface area contributed by atoms with E-state index < -0.39 is 0 Å². The summed E-state index contributed by atoms with van der Waals surface area (Å²) in [5.74, 6) is 1.23. The molecule has 1 heterocycles. The molecule has 0 aliphatic carbocycles. The number of aldehydes is 1. The average molecular weight is 388 g/mol. The van der Waals surface area contributed by atoms with Gasteiger partial charge in [-0.3, -0.25) is 9.79 Å². The first-order chi connectivity index (χ1) is 13.3. The summed E-state index contributed by atoms with van der Waals surface area (Å²) in [6, 6.07) is 3.87. The number of hydrogen-bond donors (Lipinski definition) is 1. The number of aromatic hydroxyl groups is 1. The van der Waals surface area contributed by atoms with Gasteiger partial charge < -0.3 is 14.9 Å². The predicted octanol–water partition coefficient (Wildman–Crippen LogP) is 4.23. The lowest BCUT2D eigenvalue weighted by Crippen LogP contribution is -2.46. The first kappa shape index (κ1) is 22.3. The highest BCUT2D eigenvalue weighted by Gasteiger charge is 2.20. The van der Waals surface area contributed by atoms with Crippen LogP contribution in [0.2, 0.25) is 0 Å². The van der Waals surface area contributed by atoms with E-state index in [0.717, 1.165) is 81.7 Å². The maximum Gasteiger partial charge on any atom is 0.196 e. The second-order valence-corrected chi connectivity index (χ2v) is 8.84. The number of aryl methyl sites for hydroxylation is 1. The van der Waals surface area contributed by atoms with Crippen LogP contribution in [0.4, 0.5) is 0 Å². The van der Waals surface area contributed by atoms with Crippen LogP contribution < -0.4 is 0 Å². The fourth-order valence-corrected chi connectivity index (χ4v) is 3.60. The van der Waals surface area contributed by atoms with Crippen molar-refractivity contribution >= 4 is 12.2 Å². The summed E-state index contributed by atoms with van der Waals surface area (Å²) in [5, 5.41) is 10.5. The molecule has 1 aromatic rings. The first-order valence-electron chi connectivity index (χ1n) is 10.6. The molecular formula is C23H37N3O2. The van der Waals surface area contributed by atoms with Crippen LogP contribution in [-0.4, -0.2) is 60.4 Å². The number of nitrogens with zero attached hydrogens (tertiary/aromatic N) is 3. The molecule has 0 atom stereocenters. The van der Waals surface area contributed by atoms with Crippen LogP contribution in [-0.2, 0) is 11.8 Å². The number of carbonyl (C=O) groups excluding carboxylic acids is 1. The van der Waals surface area contributed by atoms with Crippen molar-refractivity contribution < 1.29 is 9.90 Å². The average Bonchev–Trinajstić information content (AvgIpc) is 2.65. The Kier molecular flexibility index (Phi) is 7.90. The molecule has 0 fully saturated rings. The van der Waals surface area contributed by atoms with Crippen molar-refractivity contribution in [2.75, 3.05) is 33.2 Å². The number of guanidine groups is 1. The highest BCUT2D eigenvalue weighted by Crippen LogP contribution is 2.31. The molecule has 0 radical (unpaired) electrons. The van der Waals surface area contributed by atoms with Gasteiger partial charge in [-0.15, -0.1) is 0 Å². The maximum absolute atomic E-state index is 11.4. The molecule has 5 nitrogen and oxygen atoms in total. The van der Waals surface area contributed by atoms with Crippen LogP contribution in [0.15, 0.2) is 17.1 Å². The van der Waals surface area contributed by atoms with E-state index in [2.05, 4.69) is 50.6 Å². The minimum atomic E-state index is -0.0626. The maximum atomic E-state index is 11.4. The quantitative estimate of drug-likeness (QED) is 0.678. The Labute approximate surface area is 170 Å². The summed E-state index contributed by atoms with van der Waals surface area (Å²) in [4.78, 5) is 20.8. The molecule has 0 aromatic heterocycles. The molecule has 2 rings (SSSR count). The molecule has 1 N–H and O–H groups in total. The molecule has 5 heteroatoms. The Bertz CT molecular complexity index is 692. The molecule has 0 amide bonds. The number of rotatable bonds is 8. The lowest BCUT2D eigenvalue weighted by atomic mass is 9.84. The van der Waals surface area contributed by atoms with Crippen molar-refractivity contribution in [1.82, 2.24) is 9.80 Å². The normalized spacial score (nSPS) is 14.8. The number of aliphatic imine (C=N–C) groups is 1. The van der Waals surface area contributed by atoms with E-state index >= 15 is 0 Å². The van der Waals surface area contributed by atoms with Gasteiger partial charge >= 0.3 is 0 Å². The Morgan fingerprint density at radius 2 is 1.96 bits per heavy atom. The van der Waals surface area contributed by atoms with Gasteiger partial charge in [-0.05, 0) is 48.3 Å². The van der Waals surface area contributed by atoms with Crippen LogP contribution in [0.3, 0.4) is 0 Å². The van der Waals surface area contributed by atoms with Crippen LogP contribution in [0.5, 0.6) is 5.75 Å². The van der Waals surface area contributed by atoms with Gasteiger partial charge in [0.2, 0.25) is 0 Å². The minimum Gasteiger partial charge on any atom is -0.507 e. The van der Waals surface area contributed by atoms with Crippen molar-refractivity contribution in [3.63, 3.8) is 0 Å². The molecule has 1 aliphatic heterocycles. The SMILES string of the molecule is CCCCN(CCCc1cc(C(C)(C)C)cc(C=O)c1O)C1=NCCCN1C. The smallest absolute Gasteiger partial charge is 0.196 e. The van der Waals surface area contributed by atoms with Gasteiger partial charge in [-0.1, -0.05) is 40.2 Å². The Morgan fingerprint density at radius 3 is 2.57 bits per heavy atom. The Morgan fingerprint density at radius 1 is 1.25 bits per heavy atom. The van der Waals surface area contributed by atoms with Crippen molar-refractivity contribution in [3.8, 4) is 5.75 Å². The molecule has 1 aliphatic rings. The molecule has 0 unspecified atom stereocenters. The second kappa shape index (κ2) is 9.94. The summed E-state index contributed by atoms with van der Waals surface area (Å²) in [6.07, 6.45) is 5.83. The number of phenolic OH excluding ortho intramolecular Hbond substituents is 1. The molecule has 28 heavy (non-hydrogen) atoms. The number of unbranched alkanes of at least 4 members (excludes halogenated alkanes) is 1. The van der Waals surface area contributed by atoms with E-state index in [4.69, 9.17) is 4.99 Å². The van der Waals surface area contributed by atoms with E-state index in [-0.39, 0.29) is 11.2 Å². The highest BCUT2D eigenvalue weighted by atomic mass is 16.3. The van der Waals surface area contributed by atoms with Crippen molar-refractivity contribution in [2.24, 2.45) is 4.99 Å². The second-order valence-electron chi connectivity index (χ2n) is 8.84. The molecule has 1 aromatic carbocycles. The monoisotopic (exact) mass is 387 g/mol. The fourth-order valence-electron chi connectivity index (χ4n) is 3.60. The van der Waals surface area contributed by atoms with Gasteiger partial charge in [0.05, 0.1) is 5.56 Å². The minimum absolute atomic E-state index is 0.0626. The zero-order chi connectivity index (χ0) is 20.7. The summed E-state index contributed by atoms with van der Waals surface area (Å²) in [7, 11) is 2.12. The van der Waals surface area contributed by atoms with Gasteiger partial charge in [0, 0.05) is 33.2 Å². The molecule has 0 spiro atoms. The third-order valence-corrected chi connectivity index (χ3v) is 5.40. The van der Waals surface area contributed by atoms with Crippen molar-refractivity contribution in [1.29, 1.82) is 0 Å². The Hall–Kier alpha value is -2.04. The molecule has 156 valence electrons. The van der Waals surface area contributed by atoms with E-state index in [9.17, 15) is 9.90 Å². The molecule has 0 saturated heterocycles. The molecule has 0 bridgehead atoms. The van der Waals surface area contributed by atoms with Crippen LogP contribution in [0.25, 0.3) is 0 Å². The molecule has 0 saturated carbocycles. The van der Waals surface area contributed by atoms with Gasteiger partial charge in [0.25, 0.3) is 0 Å². The van der Waals surface area contributed by atoms with Gasteiger partial charge in [0.1, 0.15) is 5.75 Å². The van der Waals surface area contributed by atoms with E-state index in [1.807, 2.05) is 6.07 Å². The largest absolute Gasteiger partial charge is 0.507 e. The Balaban J connectivity index is 2.12. The zero-order valence-corrected chi connectivity index (χ0v) is 18.3. The summed E-state index contributed by atoms with van der Waals surface area (Å²) < 4.78 is 0. The van der Waals surface area contributed by atoms with Crippen LogP contribution in [0, 0.1) is 0 Å².